The van der Waals surface area contributed by atoms with Gasteiger partial charge in [0.25, 0.3) is 0 Å². The Morgan fingerprint density at radius 3 is 2.70 bits per heavy atom. The van der Waals surface area contributed by atoms with Gasteiger partial charge in [-0.15, -0.1) is 0 Å². The van der Waals surface area contributed by atoms with Gasteiger partial charge in [0.05, 0.1) is 12.1 Å². The number of likely N-dealkylation sites (N-methyl/N-ethyl adjacent to an activating group) is 1. The quantitative estimate of drug-likeness (QED) is 0.807. The third-order valence-corrected chi connectivity index (χ3v) is 4.81. The van der Waals surface area contributed by atoms with Crippen LogP contribution in [0.4, 0.5) is 4.39 Å². The Kier molecular flexibility index (Phi) is 6.54. The largest absolute Gasteiger partial charge is 0.393 e. The van der Waals surface area contributed by atoms with Gasteiger partial charge in [-0.05, 0) is 56.8 Å². The van der Waals surface area contributed by atoms with Gasteiger partial charge in [-0.2, -0.15) is 0 Å². The lowest BCUT2D eigenvalue weighted by atomic mass is 10.0. The second-order valence-electron chi connectivity index (χ2n) is 6.54. The van der Waals surface area contributed by atoms with Gasteiger partial charge in [-0.1, -0.05) is 18.6 Å². The van der Waals surface area contributed by atoms with Crippen molar-refractivity contribution in [2.45, 2.75) is 44.8 Å². The molecule has 3 unspecified atom stereocenters. The molecule has 2 rings (SSSR count). The van der Waals surface area contributed by atoms with Crippen molar-refractivity contribution in [3.05, 3.63) is 35.6 Å². The highest BCUT2D eigenvalue weighted by Gasteiger charge is 2.28. The van der Waals surface area contributed by atoms with E-state index < -0.39 is 0 Å². The summed E-state index contributed by atoms with van der Waals surface area (Å²) in [4.78, 5) is 14.2. The zero-order valence-electron chi connectivity index (χ0n) is 14.0. The molecule has 0 aromatic heterocycles. The van der Waals surface area contributed by atoms with E-state index in [2.05, 4.69) is 5.32 Å². The van der Waals surface area contributed by atoms with Gasteiger partial charge in [0.1, 0.15) is 5.82 Å². The predicted molar refractivity (Wildman–Crippen MR) is 88.6 cm³/mol. The summed E-state index contributed by atoms with van der Waals surface area (Å²) < 4.78 is 12.8. The first kappa shape index (κ1) is 17.9. The smallest absolute Gasteiger partial charge is 0.237 e. The number of aliphatic hydroxyl groups excluding tert-OH is 1. The van der Waals surface area contributed by atoms with Crippen LogP contribution in [0.2, 0.25) is 0 Å². The van der Waals surface area contributed by atoms with Gasteiger partial charge in [0.2, 0.25) is 5.91 Å². The van der Waals surface area contributed by atoms with Crippen molar-refractivity contribution in [3.8, 4) is 0 Å². The van der Waals surface area contributed by atoms with Crippen LogP contribution in [0.25, 0.3) is 0 Å². The molecule has 1 fully saturated rings. The Bertz CT molecular complexity index is 506. The highest BCUT2D eigenvalue weighted by atomic mass is 19.1. The number of benzene rings is 1. The Hall–Kier alpha value is -1.46. The number of hydrogen-bond donors (Lipinski definition) is 2. The van der Waals surface area contributed by atoms with Crippen LogP contribution in [-0.4, -0.2) is 48.2 Å². The van der Waals surface area contributed by atoms with Crippen LogP contribution in [-0.2, 0) is 11.2 Å². The van der Waals surface area contributed by atoms with Crippen LogP contribution in [0.1, 0.15) is 31.7 Å². The number of hydrogen-bond acceptors (Lipinski definition) is 3. The monoisotopic (exact) mass is 322 g/mol. The fourth-order valence-corrected chi connectivity index (χ4v) is 3.09. The summed E-state index contributed by atoms with van der Waals surface area (Å²) in [5.74, 6) is 0.0127. The first-order valence-electron chi connectivity index (χ1n) is 8.38. The fourth-order valence-electron chi connectivity index (χ4n) is 3.09. The molecule has 0 spiro atoms. The topological polar surface area (TPSA) is 52.6 Å². The van der Waals surface area contributed by atoms with Gasteiger partial charge in [0.15, 0.2) is 0 Å². The molecule has 0 bridgehead atoms. The molecule has 1 aromatic rings. The number of nitrogens with zero attached hydrogens (tertiary/aromatic N) is 1. The SMILES string of the molecule is CC(C(=O)NCCc1ccc(F)cc1)N(C)CC1CCCC1O. The maximum Gasteiger partial charge on any atom is 0.237 e. The number of nitrogens with one attached hydrogen (secondary N) is 1. The van der Waals surface area contributed by atoms with Crippen LogP contribution in [0, 0.1) is 11.7 Å². The lowest BCUT2D eigenvalue weighted by Gasteiger charge is -2.27. The average Bonchev–Trinajstić information content (AvgIpc) is 2.93. The summed E-state index contributed by atoms with van der Waals surface area (Å²) in [7, 11) is 1.93. The first-order chi connectivity index (χ1) is 11.0. The van der Waals surface area contributed by atoms with Crippen molar-refractivity contribution in [2.75, 3.05) is 20.1 Å². The molecule has 0 aliphatic heterocycles. The third-order valence-electron chi connectivity index (χ3n) is 4.81. The molecule has 23 heavy (non-hydrogen) atoms. The lowest BCUT2D eigenvalue weighted by molar-refractivity contribution is -0.125. The van der Waals surface area contributed by atoms with E-state index in [-0.39, 0.29) is 29.8 Å². The summed E-state index contributed by atoms with van der Waals surface area (Å²) in [6.45, 7) is 3.16. The van der Waals surface area contributed by atoms with E-state index in [4.69, 9.17) is 0 Å². The predicted octanol–water partition coefficient (Wildman–Crippen LogP) is 1.97. The third kappa shape index (κ3) is 5.29. The molecule has 5 heteroatoms. The highest BCUT2D eigenvalue weighted by Crippen LogP contribution is 2.26. The summed E-state index contributed by atoms with van der Waals surface area (Å²) in [5.41, 5.74) is 1.00. The molecule has 1 amide bonds. The minimum atomic E-state index is -0.248. The zero-order chi connectivity index (χ0) is 16.8. The molecule has 0 heterocycles. The molecule has 1 aliphatic rings. The highest BCUT2D eigenvalue weighted by molar-refractivity contribution is 5.81. The number of carbonyl (C=O) groups excluding carboxylic acids is 1. The molecule has 1 aliphatic carbocycles. The van der Waals surface area contributed by atoms with Crippen molar-refractivity contribution < 1.29 is 14.3 Å². The second-order valence-corrected chi connectivity index (χ2v) is 6.54. The van der Waals surface area contributed by atoms with Gasteiger partial charge < -0.3 is 10.4 Å². The van der Waals surface area contributed by atoms with Crippen LogP contribution in [0.15, 0.2) is 24.3 Å². The van der Waals surface area contributed by atoms with Crippen LogP contribution in [0.5, 0.6) is 0 Å². The summed E-state index contributed by atoms with van der Waals surface area (Å²) in [5, 5.41) is 12.8. The Morgan fingerprint density at radius 2 is 2.09 bits per heavy atom. The maximum absolute atomic E-state index is 12.8. The van der Waals surface area contributed by atoms with Gasteiger partial charge in [-0.25, -0.2) is 4.39 Å². The van der Waals surface area contributed by atoms with E-state index in [0.29, 0.717) is 13.0 Å². The average molecular weight is 322 g/mol. The Labute approximate surface area is 137 Å². The van der Waals surface area contributed by atoms with E-state index in [9.17, 15) is 14.3 Å². The fraction of sp³-hybridized carbons (Fsp3) is 0.611. The minimum absolute atomic E-state index is 0.0119. The molecular weight excluding hydrogens is 295 g/mol. The molecule has 1 saturated carbocycles. The number of aliphatic hydroxyl groups is 1. The number of carbonyl (C=O) groups is 1. The Balaban J connectivity index is 1.72. The summed E-state index contributed by atoms with van der Waals surface area (Å²) in [6, 6.07) is 6.11. The van der Waals surface area contributed by atoms with Crippen LogP contribution >= 0.6 is 0 Å². The van der Waals surface area contributed by atoms with Crippen molar-refractivity contribution in [1.82, 2.24) is 10.2 Å². The number of halogens is 1. The van der Waals surface area contributed by atoms with Gasteiger partial charge in [-0.3, -0.25) is 9.69 Å². The maximum atomic E-state index is 12.8. The minimum Gasteiger partial charge on any atom is -0.393 e. The molecule has 3 atom stereocenters. The van der Waals surface area contributed by atoms with Gasteiger partial charge >= 0.3 is 0 Å². The Morgan fingerprint density at radius 1 is 1.39 bits per heavy atom. The molecular formula is C18H27FN2O2. The standard InChI is InChI=1S/C18H27FN2O2/c1-13(21(2)12-15-4-3-5-17(15)22)18(23)20-11-10-14-6-8-16(19)9-7-14/h6-9,13,15,17,22H,3-5,10-12H2,1-2H3,(H,20,23). The van der Waals surface area contributed by atoms with Crippen molar-refractivity contribution in [1.29, 1.82) is 0 Å². The van der Waals surface area contributed by atoms with E-state index in [1.165, 1.54) is 12.1 Å². The summed E-state index contributed by atoms with van der Waals surface area (Å²) in [6.07, 6.45) is 3.43. The number of amides is 1. The number of rotatable bonds is 7. The second kappa shape index (κ2) is 8.41. The zero-order valence-corrected chi connectivity index (χ0v) is 14.0. The lowest BCUT2D eigenvalue weighted by Crippen LogP contribution is -2.46. The molecule has 0 radical (unpaired) electrons. The van der Waals surface area contributed by atoms with Gasteiger partial charge in [0, 0.05) is 13.1 Å². The molecule has 2 N–H and O–H groups in total. The molecule has 4 nitrogen and oxygen atoms in total. The van der Waals surface area contributed by atoms with E-state index in [0.717, 1.165) is 31.4 Å². The van der Waals surface area contributed by atoms with Crippen molar-refractivity contribution in [3.63, 3.8) is 0 Å². The van der Waals surface area contributed by atoms with Crippen molar-refractivity contribution in [2.24, 2.45) is 5.92 Å². The normalized spacial score (nSPS) is 22.3. The molecule has 0 saturated heterocycles. The van der Waals surface area contributed by atoms with Crippen molar-refractivity contribution >= 4 is 5.91 Å². The van der Waals surface area contributed by atoms with Crippen LogP contribution < -0.4 is 5.32 Å². The van der Waals surface area contributed by atoms with E-state index >= 15 is 0 Å². The van der Waals surface area contributed by atoms with Crippen LogP contribution in [0.3, 0.4) is 0 Å². The molecule has 128 valence electrons. The van der Waals surface area contributed by atoms with E-state index in [1.54, 1.807) is 12.1 Å². The summed E-state index contributed by atoms with van der Waals surface area (Å²) >= 11 is 0. The first-order valence-corrected chi connectivity index (χ1v) is 8.38. The molecule has 1 aromatic carbocycles. The van der Waals surface area contributed by atoms with E-state index in [1.807, 2.05) is 18.9 Å².